The Balaban J connectivity index is 1.29. The molecule has 0 saturated carbocycles. The second-order valence-electron chi connectivity index (χ2n) is 24.1. The lowest BCUT2D eigenvalue weighted by atomic mass is 9.76. The number of alkyl carbamates (subject to hydrolysis) is 1. The van der Waals surface area contributed by atoms with E-state index in [-0.39, 0.29) is 91.4 Å². The summed E-state index contributed by atoms with van der Waals surface area (Å²) in [6, 6.07) is 16.2. The quantitative estimate of drug-likeness (QED) is 0.0227. The minimum absolute atomic E-state index is 0.0342. The molecule has 4 rings (SSSR count). The molecular formula is C63H89N11O13S. The molecule has 5 atom stereocenters. The van der Waals surface area contributed by atoms with Gasteiger partial charge < -0.3 is 52.6 Å². The Labute approximate surface area is 516 Å². The molecule has 0 unspecified atom stereocenters. The molecule has 480 valence electrons. The molecular weight excluding hydrogens is 1150 g/mol. The lowest BCUT2D eigenvalue weighted by Crippen LogP contribution is -2.61. The monoisotopic (exact) mass is 1240 g/mol. The Kier molecular flexibility index (Phi) is 27.1. The van der Waals surface area contributed by atoms with E-state index in [2.05, 4.69) is 41.9 Å². The highest BCUT2D eigenvalue weighted by molar-refractivity contribution is 7.90. The Morgan fingerprint density at radius 1 is 0.716 bits per heavy atom. The average molecular weight is 1240 g/mol. The van der Waals surface area contributed by atoms with E-state index in [1.165, 1.54) is 54.3 Å². The number of primary amides is 1. The van der Waals surface area contributed by atoms with Crippen LogP contribution < -0.4 is 47.7 Å². The van der Waals surface area contributed by atoms with Crippen LogP contribution in [0.4, 0.5) is 15.3 Å². The van der Waals surface area contributed by atoms with E-state index in [9.17, 15) is 56.4 Å². The maximum atomic E-state index is 14.4. The van der Waals surface area contributed by atoms with E-state index in [1.807, 2.05) is 78.8 Å². The molecule has 0 fully saturated rings. The SMILES string of the molecule is CN[C@H](C(=O)N[C@H](C(=O)N(C)[C@H](C=C(C)C(=O)NS(=O)(=O)c1ccc(CNC(=O)OCc2ccc(NC(=O)[C@@H](CCCNC(N)=O)NC(=O)[C@H](NC(=O)CCCCCN3C(=O)C=CC3=O)C(C)C)cc2)cc1)C(C)C)C(C)(C)C)C(C)(C)c1ccccc1. The van der Waals surface area contributed by atoms with Crippen molar-refractivity contribution < 1.29 is 61.1 Å². The van der Waals surface area contributed by atoms with Crippen molar-refractivity contribution in [3.05, 3.63) is 119 Å². The van der Waals surface area contributed by atoms with Gasteiger partial charge in [0, 0.05) is 61.9 Å². The molecule has 1 heterocycles. The summed E-state index contributed by atoms with van der Waals surface area (Å²) in [6.07, 6.45) is 5.13. The number of nitrogens with one attached hydrogen (secondary N) is 8. The average Bonchev–Trinajstić information content (AvgIpc) is 1.41. The smallest absolute Gasteiger partial charge is 0.407 e. The van der Waals surface area contributed by atoms with E-state index < -0.39 is 86.8 Å². The van der Waals surface area contributed by atoms with Crippen LogP contribution in [0.1, 0.15) is 124 Å². The highest BCUT2D eigenvalue weighted by Gasteiger charge is 2.42. The third-order valence-corrected chi connectivity index (χ3v) is 16.3. The summed E-state index contributed by atoms with van der Waals surface area (Å²) in [5.41, 5.74) is 6.20. The number of anilines is 1. The van der Waals surface area contributed by atoms with Crippen LogP contribution in [0.3, 0.4) is 0 Å². The van der Waals surface area contributed by atoms with Crippen LogP contribution in [0, 0.1) is 17.3 Å². The fourth-order valence-electron chi connectivity index (χ4n) is 9.71. The normalized spacial score (nSPS) is 14.5. The lowest BCUT2D eigenvalue weighted by Gasteiger charge is -2.40. The topological polar surface area (TPSA) is 343 Å². The van der Waals surface area contributed by atoms with Gasteiger partial charge in [0.05, 0.1) is 17.0 Å². The van der Waals surface area contributed by atoms with Crippen molar-refractivity contribution in [3.8, 4) is 0 Å². The van der Waals surface area contributed by atoms with E-state index in [4.69, 9.17) is 10.5 Å². The van der Waals surface area contributed by atoms with Gasteiger partial charge in [-0.15, -0.1) is 0 Å². The van der Waals surface area contributed by atoms with Crippen molar-refractivity contribution in [2.24, 2.45) is 23.0 Å². The van der Waals surface area contributed by atoms with Gasteiger partial charge in [0.15, 0.2) is 0 Å². The second kappa shape index (κ2) is 33.1. The lowest BCUT2D eigenvalue weighted by molar-refractivity contribution is -0.141. The third kappa shape index (κ3) is 21.7. The molecule has 10 N–H and O–H groups in total. The summed E-state index contributed by atoms with van der Waals surface area (Å²) in [5, 5.41) is 19.4. The number of amides is 11. The zero-order chi connectivity index (χ0) is 65.7. The van der Waals surface area contributed by atoms with Crippen molar-refractivity contribution in [2.45, 2.75) is 161 Å². The van der Waals surface area contributed by atoms with Gasteiger partial charge in [-0.3, -0.25) is 43.3 Å². The number of carbonyl (C=O) groups is 10. The van der Waals surface area contributed by atoms with Crippen LogP contribution in [0.2, 0.25) is 0 Å². The summed E-state index contributed by atoms with van der Waals surface area (Å²) >= 11 is 0. The number of carbonyl (C=O) groups excluding carboxylic acids is 10. The predicted molar refractivity (Wildman–Crippen MR) is 333 cm³/mol. The standard InChI is InChI=1S/C63H89N11O13S/c1-39(2)48(73(12)59(82)54(62(6,7)8)71-58(81)53(65-11)63(9,10)44-20-15-13-16-21-44)36-41(5)55(78)72-88(85,86)46-30-26-42(27-31-46)37-67-61(84)87-38-43-24-28-45(29-25-43)68-56(79)47(22-19-34-66-60(64)83)69-57(80)52(40(3)4)70-49(75)23-17-14-18-35-74-50(76)32-33-51(74)77/h13,15-16,20-21,24-33,36,39-40,47-48,52-54,65H,14,17-19,22-23,34-35,37-38H2,1-12H3,(H,67,84)(H,68,79)(H,69,80)(H,70,75)(H,71,81)(H,72,78)(H3,64,66,83)/t47-,48-,52-,53-,54-/m1/s1. The largest absolute Gasteiger partial charge is 0.445 e. The predicted octanol–water partition coefficient (Wildman–Crippen LogP) is 4.94. The number of ether oxygens (including phenoxy) is 1. The summed E-state index contributed by atoms with van der Waals surface area (Å²) in [5.74, 6) is -4.59. The molecule has 0 aromatic heterocycles. The van der Waals surface area contributed by atoms with Crippen molar-refractivity contribution in [3.63, 3.8) is 0 Å². The van der Waals surface area contributed by atoms with Crippen LogP contribution >= 0.6 is 0 Å². The van der Waals surface area contributed by atoms with Gasteiger partial charge in [-0.05, 0) is 97.9 Å². The first kappa shape index (κ1) is 72.0. The van der Waals surface area contributed by atoms with Crippen molar-refractivity contribution >= 4 is 75.1 Å². The van der Waals surface area contributed by atoms with E-state index in [1.54, 1.807) is 52.2 Å². The fraction of sp³-hybridized carbons (Fsp3) is 0.492. The van der Waals surface area contributed by atoms with Gasteiger partial charge in [0.2, 0.25) is 29.5 Å². The molecule has 0 bridgehead atoms. The van der Waals surface area contributed by atoms with E-state index in [0.717, 1.165) is 10.5 Å². The van der Waals surface area contributed by atoms with Crippen LogP contribution in [0.15, 0.2) is 108 Å². The van der Waals surface area contributed by atoms with Gasteiger partial charge in [-0.1, -0.05) is 129 Å². The molecule has 0 radical (unpaired) electrons. The molecule has 3 aromatic carbocycles. The van der Waals surface area contributed by atoms with Crippen LogP contribution in [-0.2, 0) is 71.7 Å². The summed E-state index contributed by atoms with van der Waals surface area (Å²) in [7, 11) is -1.11. The molecule has 0 aliphatic carbocycles. The summed E-state index contributed by atoms with van der Waals surface area (Å²) in [4.78, 5) is 132. The fourth-order valence-corrected chi connectivity index (χ4v) is 10.7. The number of nitrogens with zero attached hydrogens (tertiary/aromatic N) is 2. The number of rotatable bonds is 32. The number of nitrogens with two attached hydrogens (primary N) is 1. The van der Waals surface area contributed by atoms with Gasteiger partial charge in [0.1, 0.15) is 24.7 Å². The maximum absolute atomic E-state index is 14.4. The molecule has 11 amide bonds. The van der Waals surface area contributed by atoms with E-state index in [0.29, 0.717) is 36.1 Å². The number of urea groups is 1. The van der Waals surface area contributed by atoms with Gasteiger partial charge in [-0.2, -0.15) is 0 Å². The Hall–Kier alpha value is -8.45. The zero-order valence-corrected chi connectivity index (χ0v) is 53.4. The second-order valence-corrected chi connectivity index (χ2v) is 25.8. The molecule has 0 spiro atoms. The van der Waals surface area contributed by atoms with Crippen LogP contribution in [0.5, 0.6) is 0 Å². The number of imide groups is 1. The van der Waals surface area contributed by atoms with Crippen molar-refractivity contribution in [1.82, 2.24) is 46.4 Å². The molecule has 1 aliphatic rings. The third-order valence-electron chi connectivity index (χ3n) is 15.0. The van der Waals surface area contributed by atoms with Gasteiger partial charge in [-0.25, -0.2) is 22.7 Å². The molecule has 88 heavy (non-hydrogen) atoms. The minimum atomic E-state index is -4.39. The number of hydrogen-bond acceptors (Lipinski definition) is 14. The zero-order valence-electron chi connectivity index (χ0n) is 52.5. The van der Waals surface area contributed by atoms with E-state index >= 15 is 0 Å². The number of unbranched alkanes of at least 4 members (excludes halogenated alkanes) is 2. The van der Waals surface area contributed by atoms with Crippen molar-refractivity contribution in [1.29, 1.82) is 0 Å². The summed E-state index contributed by atoms with van der Waals surface area (Å²) in [6.45, 7) is 18.2. The van der Waals surface area contributed by atoms with Crippen molar-refractivity contribution in [2.75, 3.05) is 32.5 Å². The molecule has 3 aromatic rings. The van der Waals surface area contributed by atoms with Crippen LogP contribution in [-0.4, -0.2) is 135 Å². The first-order chi connectivity index (χ1) is 41.3. The number of benzene rings is 3. The number of hydrogen-bond donors (Lipinski definition) is 9. The Morgan fingerprint density at radius 3 is 1.90 bits per heavy atom. The molecule has 0 saturated heterocycles. The van der Waals surface area contributed by atoms with Gasteiger partial charge in [0.25, 0.3) is 27.7 Å². The Bertz CT molecular complexity index is 3110. The highest BCUT2D eigenvalue weighted by atomic mass is 32.2. The Morgan fingerprint density at radius 2 is 1.33 bits per heavy atom. The molecule has 25 heteroatoms. The van der Waals surface area contributed by atoms with Gasteiger partial charge >= 0.3 is 12.1 Å². The number of likely N-dealkylation sites (N-methyl/N-ethyl adjacent to an activating group) is 2. The highest BCUT2D eigenvalue weighted by Crippen LogP contribution is 2.29. The first-order valence-electron chi connectivity index (χ1n) is 29.4. The minimum Gasteiger partial charge on any atom is -0.445 e. The molecule has 24 nitrogen and oxygen atoms in total. The summed E-state index contributed by atoms with van der Waals surface area (Å²) < 4.78 is 34.4. The first-order valence-corrected chi connectivity index (χ1v) is 30.9. The maximum Gasteiger partial charge on any atom is 0.407 e. The molecule has 1 aliphatic heterocycles. The van der Waals surface area contributed by atoms with Crippen LogP contribution in [0.25, 0.3) is 0 Å². The number of sulfonamides is 1.